The summed E-state index contributed by atoms with van der Waals surface area (Å²) in [6.07, 6.45) is 4.20. The van der Waals surface area contributed by atoms with Crippen molar-refractivity contribution in [1.82, 2.24) is 15.2 Å². The largest absolute Gasteiger partial charge is 0.372 e. The van der Waals surface area contributed by atoms with Gasteiger partial charge in [-0.1, -0.05) is 29.8 Å². The number of rotatable bonds is 6. The third kappa shape index (κ3) is 4.53. The summed E-state index contributed by atoms with van der Waals surface area (Å²) in [4.78, 5) is 6.91. The molecule has 0 spiro atoms. The Morgan fingerprint density at radius 2 is 1.85 bits per heavy atom. The van der Waals surface area contributed by atoms with Gasteiger partial charge in [0.2, 0.25) is 5.95 Å². The molecule has 2 aromatic carbocycles. The molecule has 0 bridgehead atoms. The first kappa shape index (κ1) is 17.3. The van der Waals surface area contributed by atoms with Crippen molar-refractivity contribution in [2.75, 3.05) is 28.6 Å². The van der Waals surface area contributed by atoms with Gasteiger partial charge >= 0.3 is 0 Å². The van der Waals surface area contributed by atoms with Gasteiger partial charge in [0, 0.05) is 31.0 Å². The molecule has 0 unspecified atom stereocenters. The van der Waals surface area contributed by atoms with E-state index in [9.17, 15) is 0 Å². The van der Waals surface area contributed by atoms with Crippen LogP contribution in [0.3, 0.4) is 0 Å². The Labute approximate surface area is 159 Å². The second kappa shape index (κ2) is 8.03. The number of nitrogens with one attached hydrogen (secondary N) is 2. The minimum absolute atomic E-state index is 0.484. The van der Waals surface area contributed by atoms with Gasteiger partial charge in [0.1, 0.15) is 0 Å². The summed E-state index contributed by atoms with van der Waals surface area (Å²) in [6, 6.07) is 16.8. The number of aryl methyl sites for hydroxylation is 1. The summed E-state index contributed by atoms with van der Waals surface area (Å²) in [7, 11) is 0. The first-order valence-electron chi connectivity index (χ1n) is 9.37. The van der Waals surface area contributed by atoms with Gasteiger partial charge in [-0.3, -0.25) is 0 Å². The Hall–Kier alpha value is -3.15. The molecule has 3 aromatic rings. The molecular formula is C21H24N6. The molecule has 27 heavy (non-hydrogen) atoms. The molecule has 6 nitrogen and oxygen atoms in total. The lowest BCUT2D eigenvalue weighted by molar-refractivity contribution is 0.949. The van der Waals surface area contributed by atoms with Gasteiger partial charge in [0.05, 0.1) is 6.20 Å². The zero-order valence-electron chi connectivity index (χ0n) is 15.5. The molecule has 0 amide bonds. The van der Waals surface area contributed by atoms with E-state index in [0.29, 0.717) is 18.3 Å². The van der Waals surface area contributed by atoms with Crippen molar-refractivity contribution < 1.29 is 0 Å². The van der Waals surface area contributed by atoms with Gasteiger partial charge in [-0.2, -0.15) is 10.1 Å². The number of nitrogens with zero attached hydrogens (tertiary/aromatic N) is 4. The van der Waals surface area contributed by atoms with Gasteiger partial charge in [-0.15, -0.1) is 5.10 Å². The number of aromatic nitrogens is 3. The average Bonchev–Trinajstić information content (AvgIpc) is 3.22. The third-order valence-electron chi connectivity index (χ3n) is 4.71. The Balaban J connectivity index is 1.38. The quantitative estimate of drug-likeness (QED) is 0.689. The van der Waals surface area contributed by atoms with Crippen LogP contribution >= 0.6 is 0 Å². The highest BCUT2D eigenvalue weighted by molar-refractivity contribution is 5.60. The van der Waals surface area contributed by atoms with Crippen LogP contribution in [0.4, 0.5) is 23.1 Å². The van der Waals surface area contributed by atoms with Crippen LogP contribution in [-0.4, -0.2) is 28.3 Å². The minimum atomic E-state index is 0.484. The summed E-state index contributed by atoms with van der Waals surface area (Å²) < 4.78 is 0. The van der Waals surface area contributed by atoms with Gasteiger partial charge < -0.3 is 15.5 Å². The fraction of sp³-hybridized carbons (Fsp3) is 0.286. The maximum atomic E-state index is 4.50. The zero-order valence-corrected chi connectivity index (χ0v) is 15.5. The van der Waals surface area contributed by atoms with E-state index in [4.69, 9.17) is 0 Å². The highest BCUT2D eigenvalue weighted by Gasteiger charge is 2.12. The van der Waals surface area contributed by atoms with Crippen molar-refractivity contribution in [2.24, 2.45) is 0 Å². The van der Waals surface area contributed by atoms with Crippen LogP contribution in [0.1, 0.15) is 24.0 Å². The van der Waals surface area contributed by atoms with Crippen LogP contribution in [0.15, 0.2) is 54.7 Å². The van der Waals surface area contributed by atoms with E-state index in [-0.39, 0.29) is 0 Å². The van der Waals surface area contributed by atoms with Crippen molar-refractivity contribution in [1.29, 1.82) is 0 Å². The highest BCUT2D eigenvalue weighted by Crippen LogP contribution is 2.23. The molecule has 0 atom stereocenters. The summed E-state index contributed by atoms with van der Waals surface area (Å²) in [5.41, 5.74) is 4.68. The molecule has 6 heteroatoms. The number of hydrogen-bond acceptors (Lipinski definition) is 6. The second-order valence-corrected chi connectivity index (χ2v) is 6.87. The van der Waals surface area contributed by atoms with Gasteiger partial charge in [-0.25, -0.2) is 0 Å². The maximum Gasteiger partial charge on any atom is 0.249 e. The highest BCUT2D eigenvalue weighted by atomic mass is 15.3. The molecule has 1 fully saturated rings. The monoisotopic (exact) mass is 360 g/mol. The van der Waals surface area contributed by atoms with Crippen LogP contribution in [-0.2, 0) is 6.54 Å². The van der Waals surface area contributed by atoms with Gasteiger partial charge in [0.25, 0.3) is 0 Å². The maximum absolute atomic E-state index is 4.50. The first-order valence-corrected chi connectivity index (χ1v) is 9.37. The van der Waals surface area contributed by atoms with E-state index < -0.39 is 0 Å². The molecule has 2 heterocycles. The first-order chi connectivity index (χ1) is 13.3. The van der Waals surface area contributed by atoms with Crippen molar-refractivity contribution in [2.45, 2.75) is 26.3 Å². The van der Waals surface area contributed by atoms with Crippen LogP contribution in [0.2, 0.25) is 0 Å². The molecule has 0 aliphatic carbocycles. The summed E-state index contributed by atoms with van der Waals surface area (Å²) in [5, 5.41) is 14.7. The predicted octanol–water partition coefficient (Wildman–Crippen LogP) is 4.14. The topological polar surface area (TPSA) is 66.0 Å². The van der Waals surface area contributed by atoms with E-state index in [1.165, 1.54) is 29.7 Å². The van der Waals surface area contributed by atoms with E-state index >= 15 is 0 Å². The van der Waals surface area contributed by atoms with E-state index in [2.05, 4.69) is 86.2 Å². The smallest absolute Gasteiger partial charge is 0.249 e. The standard InChI is InChI=1S/C21H24N6/c1-16-5-4-6-17(13-16)14-22-20-15-23-26-21(25-20)24-18-7-9-19(10-8-18)27-11-2-3-12-27/h4-10,13,15H,2-3,11-12,14H2,1H3,(H2,22,24,25,26). The molecule has 4 rings (SSSR count). The molecule has 1 aromatic heterocycles. The average molecular weight is 360 g/mol. The molecule has 1 aliphatic rings. The lowest BCUT2D eigenvalue weighted by Crippen LogP contribution is -2.17. The summed E-state index contributed by atoms with van der Waals surface area (Å²) in [5.74, 6) is 1.18. The molecular weight excluding hydrogens is 336 g/mol. The molecule has 1 aliphatic heterocycles. The van der Waals surface area contributed by atoms with Gasteiger partial charge in [-0.05, 0) is 49.6 Å². The van der Waals surface area contributed by atoms with Crippen LogP contribution in [0.25, 0.3) is 0 Å². The van der Waals surface area contributed by atoms with Gasteiger partial charge in [0.15, 0.2) is 5.82 Å². The Morgan fingerprint density at radius 1 is 1.04 bits per heavy atom. The summed E-state index contributed by atoms with van der Waals surface area (Å²) >= 11 is 0. The van der Waals surface area contributed by atoms with E-state index in [0.717, 1.165) is 18.8 Å². The van der Waals surface area contributed by atoms with Crippen LogP contribution in [0, 0.1) is 6.92 Å². The third-order valence-corrected chi connectivity index (χ3v) is 4.71. The van der Waals surface area contributed by atoms with Crippen molar-refractivity contribution >= 4 is 23.1 Å². The minimum Gasteiger partial charge on any atom is -0.372 e. The fourth-order valence-electron chi connectivity index (χ4n) is 3.32. The molecule has 2 N–H and O–H groups in total. The second-order valence-electron chi connectivity index (χ2n) is 6.87. The zero-order chi connectivity index (χ0) is 18.5. The molecule has 1 saturated heterocycles. The van der Waals surface area contributed by atoms with E-state index in [1.54, 1.807) is 6.20 Å². The molecule has 0 saturated carbocycles. The van der Waals surface area contributed by atoms with E-state index in [1.807, 2.05) is 0 Å². The Kier molecular flexibility index (Phi) is 5.14. The van der Waals surface area contributed by atoms with Crippen molar-refractivity contribution in [3.05, 3.63) is 65.9 Å². The van der Waals surface area contributed by atoms with Crippen LogP contribution < -0.4 is 15.5 Å². The Bertz CT molecular complexity index is 887. The lowest BCUT2D eigenvalue weighted by atomic mass is 10.1. The SMILES string of the molecule is Cc1cccc(CNc2cnnc(Nc3ccc(N4CCCC4)cc3)n2)c1. The molecule has 0 radical (unpaired) electrons. The fourth-order valence-corrected chi connectivity index (χ4v) is 3.32. The summed E-state index contributed by atoms with van der Waals surface area (Å²) in [6.45, 7) is 5.08. The number of hydrogen-bond donors (Lipinski definition) is 2. The van der Waals surface area contributed by atoms with Crippen molar-refractivity contribution in [3.8, 4) is 0 Å². The number of benzene rings is 2. The predicted molar refractivity (Wildman–Crippen MR) is 110 cm³/mol. The Morgan fingerprint density at radius 3 is 2.63 bits per heavy atom. The van der Waals surface area contributed by atoms with Crippen molar-refractivity contribution in [3.63, 3.8) is 0 Å². The normalized spacial score (nSPS) is 13.6. The lowest BCUT2D eigenvalue weighted by Gasteiger charge is -2.17. The number of anilines is 4. The van der Waals surface area contributed by atoms with Crippen LogP contribution in [0.5, 0.6) is 0 Å². The molecule has 138 valence electrons.